The van der Waals surface area contributed by atoms with Crippen molar-refractivity contribution in [2.45, 2.75) is 57.3 Å². The molecule has 8 heteroatoms. The van der Waals surface area contributed by atoms with Crippen molar-refractivity contribution in [3.63, 3.8) is 0 Å². The largest absolute Gasteiger partial charge is 0.481 e. The Morgan fingerprint density at radius 1 is 1.00 bits per heavy atom. The van der Waals surface area contributed by atoms with E-state index < -0.39 is 19.6 Å². The second kappa shape index (κ2) is 11.2. The molecule has 1 fully saturated rings. The Balaban J connectivity index is 1.85. The van der Waals surface area contributed by atoms with Crippen LogP contribution in [0.1, 0.15) is 61.3 Å². The Hall–Kier alpha value is -2.05. The number of hydrogen-bond acceptors (Lipinski definition) is 3. The highest BCUT2D eigenvalue weighted by molar-refractivity contribution is 7.50. The van der Waals surface area contributed by atoms with Gasteiger partial charge in [0.05, 0.1) is 12.6 Å². The van der Waals surface area contributed by atoms with Crippen LogP contribution in [0, 0.1) is 11.7 Å². The molecule has 1 saturated carbocycles. The van der Waals surface area contributed by atoms with E-state index in [2.05, 4.69) is 4.90 Å². The molecule has 0 bridgehead atoms. The molecule has 2 aromatic rings. The van der Waals surface area contributed by atoms with Gasteiger partial charge in [-0.05, 0) is 47.6 Å². The maximum atomic E-state index is 13.5. The summed E-state index contributed by atoms with van der Waals surface area (Å²) in [5, 5.41) is 9.59. The molecule has 3 rings (SSSR count). The minimum atomic E-state index is -4.14. The Bertz CT molecular complexity index is 922. The number of carboxylic acid groups (broad SMARTS) is 1. The smallest absolute Gasteiger partial charge is 0.329 e. The fraction of sp³-hybridized carbons (Fsp3) is 0.458. The van der Waals surface area contributed by atoms with Gasteiger partial charge in [-0.3, -0.25) is 14.3 Å². The summed E-state index contributed by atoms with van der Waals surface area (Å²) in [5.41, 5.74) is 2.26. The highest BCUT2D eigenvalue weighted by atomic mass is 31.2. The molecule has 0 aromatic heterocycles. The molecule has 0 heterocycles. The molecule has 174 valence electrons. The summed E-state index contributed by atoms with van der Waals surface area (Å²) in [4.78, 5) is 32.2. The minimum absolute atomic E-state index is 0.0886. The third kappa shape index (κ3) is 7.82. The number of nitrogens with zero attached hydrogens (tertiary/aromatic N) is 1. The monoisotopic (exact) mass is 463 g/mol. The van der Waals surface area contributed by atoms with Crippen LogP contribution in [-0.4, -0.2) is 32.3 Å². The summed E-state index contributed by atoms with van der Waals surface area (Å²) in [5.74, 6) is -0.790. The normalized spacial score (nSPS) is 16.2. The molecule has 3 N–H and O–H groups in total. The number of carbonyl (C=O) groups is 1. The Morgan fingerprint density at radius 3 is 2.16 bits per heavy atom. The molecule has 0 amide bonds. The zero-order valence-corrected chi connectivity index (χ0v) is 19.0. The van der Waals surface area contributed by atoms with E-state index in [0.717, 1.165) is 30.5 Å². The Labute approximate surface area is 188 Å². The lowest BCUT2D eigenvalue weighted by Gasteiger charge is -2.35. The molecule has 1 aliphatic rings. The second-order valence-corrected chi connectivity index (χ2v) is 10.4. The van der Waals surface area contributed by atoms with Gasteiger partial charge in [0.2, 0.25) is 0 Å². The number of halogens is 1. The second-order valence-electron chi connectivity index (χ2n) is 8.74. The molecule has 0 spiro atoms. The van der Waals surface area contributed by atoms with Gasteiger partial charge in [-0.2, -0.15) is 0 Å². The van der Waals surface area contributed by atoms with Gasteiger partial charge in [0.15, 0.2) is 0 Å². The average molecular weight is 463 g/mol. The maximum Gasteiger partial charge on any atom is 0.329 e. The van der Waals surface area contributed by atoms with Crippen LogP contribution in [0.4, 0.5) is 4.39 Å². The van der Waals surface area contributed by atoms with E-state index in [4.69, 9.17) is 0 Å². The summed E-state index contributed by atoms with van der Waals surface area (Å²) < 4.78 is 24.8. The first kappa shape index (κ1) is 24.6. The van der Waals surface area contributed by atoms with Gasteiger partial charge in [0, 0.05) is 19.1 Å². The van der Waals surface area contributed by atoms with Crippen molar-refractivity contribution < 1.29 is 28.6 Å². The molecular formula is C24H31FNO5P. The number of aliphatic carboxylic acids is 1. The summed E-state index contributed by atoms with van der Waals surface area (Å²) in [6.45, 7) is 1.25. The van der Waals surface area contributed by atoms with Crippen molar-refractivity contribution in [2.24, 2.45) is 5.92 Å². The molecule has 0 saturated heterocycles. The van der Waals surface area contributed by atoms with E-state index >= 15 is 0 Å². The van der Waals surface area contributed by atoms with Crippen molar-refractivity contribution in [1.82, 2.24) is 4.90 Å². The molecule has 2 aromatic carbocycles. The molecule has 1 unspecified atom stereocenters. The predicted molar refractivity (Wildman–Crippen MR) is 121 cm³/mol. The van der Waals surface area contributed by atoms with Crippen molar-refractivity contribution in [1.29, 1.82) is 0 Å². The molecule has 0 aliphatic heterocycles. The quantitative estimate of drug-likeness (QED) is 0.424. The molecule has 32 heavy (non-hydrogen) atoms. The first-order valence-electron chi connectivity index (χ1n) is 11.0. The predicted octanol–water partition coefficient (Wildman–Crippen LogP) is 5.10. The highest BCUT2D eigenvalue weighted by Gasteiger charge is 2.27. The lowest BCUT2D eigenvalue weighted by Crippen LogP contribution is -2.35. The molecule has 1 atom stereocenters. The van der Waals surface area contributed by atoms with E-state index in [1.807, 2.05) is 12.1 Å². The standard InChI is InChI=1S/C24H31FNO5P/c25-22-12-10-21(11-13-22)23(14-24(27)28)26(15-18-4-2-1-3-5-18)16-19-6-8-20(9-7-19)17-32(29,30)31/h6-13,18,23H,1-5,14-17H2,(H,27,28)(H2,29,30,31). The van der Waals surface area contributed by atoms with Crippen molar-refractivity contribution >= 4 is 13.6 Å². The first-order valence-corrected chi connectivity index (χ1v) is 12.8. The first-order chi connectivity index (χ1) is 15.2. The zero-order chi connectivity index (χ0) is 23.1. The van der Waals surface area contributed by atoms with Crippen LogP contribution in [0.3, 0.4) is 0 Å². The zero-order valence-electron chi connectivity index (χ0n) is 18.1. The Morgan fingerprint density at radius 2 is 1.59 bits per heavy atom. The van der Waals surface area contributed by atoms with Gasteiger partial charge >= 0.3 is 13.6 Å². The van der Waals surface area contributed by atoms with Gasteiger partial charge in [0.1, 0.15) is 5.82 Å². The van der Waals surface area contributed by atoms with E-state index in [0.29, 0.717) is 18.0 Å². The van der Waals surface area contributed by atoms with Crippen molar-refractivity contribution in [2.75, 3.05) is 6.54 Å². The summed E-state index contributed by atoms with van der Waals surface area (Å²) in [6.07, 6.45) is 5.41. The molecule has 6 nitrogen and oxygen atoms in total. The van der Waals surface area contributed by atoms with Crippen LogP contribution in [0.5, 0.6) is 0 Å². The molecule has 1 aliphatic carbocycles. The van der Waals surface area contributed by atoms with Crippen LogP contribution in [0.2, 0.25) is 0 Å². The number of rotatable bonds is 10. The van der Waals surface area contributed by atoms with Crippen LogP contribution in [0.15, 0.2) is 48.5 Å². The fourth-order valence-corrected chi connectivity index (χ4v) is 5.22. The topological polar surface area (TPSA) is 98.1 Å². The number of carboxylic acids is 1. The Kier molecular flexibility index (Phi) is 8.60. The molecule has 0 radical (unpaired) electrons. The van der Waals surface area contributed by atoms with Crippen molar-refractivity contribution in [3.05, 3.63) is 71.0 Å². The fourth-order valence-electron chi connectivity index (χ4n) is 4.53. The van der Waals surface area contributed by atoms with Crippen LogP contribution in [0.25, 0.3) is 0 Å². The summed E-state index contributed by atoms with van der Waals surface area (Å²) in [7, 11) is -4.14. The lowest BCUT2D eigenvalue weighted by atomic mass is 9.88. The van der Waals surface area contributed by atoms with Gasteiger partial charge < -0.3 is 14.9 Å². The summed E-state index contributed by atoms with van der Waals surface area (Å²) >= 11 is 0. The highest BCUT2D eigenvalue weighted by Crippen LogP contribution is 2.39. The minimum Gasteiger partial charge on any atom is -0.481 e. The molecular weight excluding hydrogens is 432 g/mol. The van der Waals surface area contributed by atoms with Gasteiger partial charge in [-0.15, -0.1) is 0 Å². The lowest BCUT2D eigenvalue weighted by molar-refractivity contribution is -0.138. The van der Waals surface area contributed by atoms with Gasteiger partial charge in [-0.1, -0.05) is 55.7 Å². The SMILES string of the molecule is O=C(O)CC(c1ccc(F)cc1)N(Cc1ccc(CP(=O)(O)O)cc1)CC1CCCCC1. The maximum absolute atomic E-state index is 13.5. The van der Waals surface area contributed by atoms with Crippen LogP contribution < -0.4 is 0 Å². The average Bonchev–Trinajstić information content (AvgIpc) is 2.73. The van der Waals surface area contributed by atoms with Gasteiger partial charge in [-0.25, -0.2) is 4.39 Å². The van der Waals surface area contributed by atoms with Gasteiger partial charge in [0.25, 0.3) is 0 Å². The van der Waals surface area contributed by atoms with E-state index in [9.17, 15) is 28.6 Å². The summed E-state index contributed by atoms with van der Waals surface area (Å²) in [6, 6.07) is 12.7. The third-order valence-corrected chi connectivity index (χ3v) is 6.86. The number of benzene rings is 2. The number of hydrogen-bond donors (Lipinski definition) is 3. The van der Waals surface area contributed by atoms with Crippen LogP contribution >= 0.6 is 7.60 Å². The van der Waals surface area contributed by atoms with E-state index in [-0.39, 0.29) is 18.4 Å². The van der Waals surface area contributed by atoms with E-state index in [1.165, 1.54) is 31.4 Å². The van der Waals surface area contributed by atoms with Crippen molar-refractivity contribution in [3.8, 4) is 0 Å². The van der Waals surface area contributed by atoms with E-state index in [1.54, 1.807) is 24.3 Å². The van der Waals surface area contributed by atoms with Crippen LogP contribution in [-0.2, 0) is 22.1 Å². The third-order valence-electron chi connectivity index (χ3n) is 6.08.